The predicted octanol–water partition coefficient (Wildman–Crippen LogP) is 3.37. The summed E-state index contributed by atoms with van der Waals surface area (Å²) in [5.74, 6) is 0.301. The third-order valence-electron chi connectivity index (χ3n) is 2.70. The minimum absolute atomic E-state index is 0.301. The number of benzene rings is 1. The molecule has 0 atom stereocenters. The molecule has 3 aromatic rings. The Balaban J connectivity index is 2.24. The topological polar surface area (TPSA) is 46.0 Å². The number of thiazole rings is 1. The zero-order valence-electron chi connectivity index (χ0n) is 9.21. The Kier molecular flexibility index (Phi) is 2.30. The Hall–Kier alpha value is -1.94. The number of fused-ring (bicyclic) bond motifs is 1. The van der Waals surface area contributed by atoms with Crippen molar-refractivity contribution in [3.63, 3.8) is 0 Å². The summed E-state index contributed by atoms with van der Waals surface area (Å²) in [6.45, 7) is 1.89. The molecule has 84 valence electrons. The van der Waals surface area contributed by atoms with Gasteiger partial charge >= 0.3 is 0 Å². The Bertz CT molecular complexity index is 658. The van der Waals surface area contributed by atoms with Crippen molar-refractivity contribution in [2.75, 3.05) is 0 Å². The number of phenols is 1. The second-order valence-electron chi connectivity index (χ2n) is 3.80. The van der Waals surface area contributed by atoms with Crippen LogP contribution in [0.3, 0.4) is 0 Å². The van der Waals surface area contributed by atoms with Crippen LogP contribution in [-0.2, 0) is 0 Å². The summed E-state index contributed by atoms with van der Waals surface area (Å²) in [6, 6.07) is 9.30. The van der Waals surface area contributed by atoms with Gasteiger partial charge in [-0.25, -0.2) is 9.97 Å². The largest absolute Gasteiger partial charge is 0.508 e. The van der Waals surface area contributed by atoms with Gasteiger partial charge in [0.2, 0.25) is 0 Å². The standard InChI is InChI=1S/C13H10N2OS/c1-8-9(4-2-6-11(8)16)12-15-10-5-3-7-14-13(10)17-12/h2-7,16H,1H3. The maximum absolute atomic E-state index is 9.70. The third kappa shape index (κ3) is 1.66. The molecule has 0 spiro atoms. The highest BCUT2D eigenvalue weighted by atomic mass is 32.1. The van der Waals surface area contributed by atoms with Crippen LogP contribution in [0.2, 0.25) is 0 Å². The molecule has 3 rings (SSSR count). The number of aromatic hydroxyl groups is 1. The van der Waals surface area contributed by atoms with Crippen LogP contribution in [0, 0.1) is 6.92 Å². The van der Waals surface area contributed by atoms with E-state index in [9.17, 15) is 5.11 Å². The predicted molar refractivity (Wildman–Crippen MR) is 69.3 cm³/mol. The van der Waals surface area contributed by atoms with Crippen molar-refractivity contribution < 1.29 is 5.11 Å². The first-order valence-electron chi connectivity index (χ1n) is 5.26. The summed E-state index contributed by atoms with van der Waals surface area (Å²) in [5.41, 5.74) is 2.72. The molecule has 0 saturated carbocycles. The highest BCUT2D eigenvalue weighted by Gasteiger charge is 2.10. The molecular formula is C13H10N2OS. The summed E-state index contributed by atoms with van der Waals surface area (Å²) in [6.07, 6.45) is 1.76. The molecule has 0 radical (unpaired) electrons. The van der Waals surface area contributed by atoms with Gasteiger partial charge in [0, 0.05) is 17.3 Å². The van der Waals surface area contributed by atoms with Gasteiger partial charge in [-0.15, -0.1) is 0 Å². The van der Waals surface area contributed by atoms with Crippen molar-refractivity contribution in [2.45, 2.75) is 6.92 Å². The Morgan fingerprint density at radius 3 is 2.88 bits per heavy atom. The van der Waals surface area contributed by atoms with Crippen molar-refractivity contribution in [1.82, 2.24) is 9.97 Å². The molecule has 3 nitrogen and oxygen atoms in total. The maximum Gasteiger partial charge on any atom is 0.143 e. The quantitative estimate of drug-likeness (QED) is 0.711. The smallest absolute Gasteiger partial charge is 0.143 e. The molecule has 17 heavy (non-hydrogen) atoms. The molecule has 1 aromatic carbocycles. The van der Waals surface area contributed by atoms with E-state index in [1.807, 2.05) is 31.2 Å². The van der Waals surface area contributed by atoms with Crippen molar-refractivity contribution in [3.8, 4) is 16.3 Å². The first-order chi connectivity index (χ1) is 8.25. The Morgan fingerprint density at radius 2 is 2.06 bits per heavy atom. The maximum atomic E-state index is 9.70. The molecule has 0 fully saturated rings. The molecule has 2 aromatic heterocycles. The SMILES string of the molecule is Cc1c(O)cccc1-c1nc2cccnc2s1. The fourth-order valence-electron chi connectivity index (χ4n) is 1.74. The van der Waals surface area contributed by atoms with Gasteiger partial charge in [-0.2, -0.15) is 0 Å². The van der Waals surface area contributed by atoms with E-state index in [-0.39, 0.29) is 0 Å². The van der Waals surface area contributed by atoms with E-state index < -0.39 is 0 Å². The van der Waals surface area contributed by atoms with Gasteiger partial charge in [0.1, 0.15) is 21.1 Å². The summed E-state index contributed by atoms with van der Waals surface area (Å²) in [7, 11) is 0. The number of hydrogen-bond acceptors (Lipinski definition) is 4. The van der Waals surface area contributed by atoms with E-state index in [0.29, 0.717) is 5.75 Å². The summed E-state index contributed by atoms with van der Waals surface area (Å²) < 4.78 is 0. The van der Waals surface area contributed by atoms with E-state index in [2.05, 4.69) is 9.97 Å². The zero-order chi connectivity index (χ0) is 11.8. The summed E-state index contributed by atoms with van der Waals surface area (Å²) >= 11 is 1.54. The van der Waals surface area contributed by atoms with Crippen molar-refractivity contribution in [1.29, 1.82) is 0 Å². The monoisotopic (exact) mass is 242 g/mol. The lowest BCUT2D eigenvalue weighted by molar-refractivity contribution is 0.471. The third-order valence-corrected chi connectivity index (χ3v) is 3.71. The number of hydrogen-bond donors (Lipinski definition) is 1. The molecular weight excluding hydrogens is 232 g/mol. The van der Waals surface area contributed by atoms with Crippen LogP contribution < -0.4 is 0 Å². The molecule has 4 heteroatoms. The molecule has 0 aliphatic carbocycles. The highest BCUT2D eigenvalue weighted by molar-refractivity contribution is 7.21. The first kappa shape index (κ1) is 10.2. The summed E-state index contributed by atoms with van der Waals surface area (Å²) in [5, 5.41) is 10.6. The molecule has 0 aliphatic rings. The van der Waals surface area contributed by atoms with Gasteiger partial charge in [0.25, 0.3) is 0 Å². The van der Waals surface area contributed by atoms with Crippen LogP contribution >= 0.6 is 11.3 Å². The van der Waals surface area contributed by atoms with E-state index in [0.717, 1.165) is 26.5 Å². The zero-order valence-corrected chi connectivity index (χ0v) is 10.0. The number of nitrogens with zero attached hydrogens (tertiary/aromatic N) is 2. The second-order valence-corrected chi connectivity index (χ2v) is 4.77. The average molecular weight is 242 g/mol. The van der Waals surface area contributed by atoms with Gasteiger partial charge in [-0.05, 0) is 25.1 Å². The van der Waals surface area contributed by atoms with Crippen molar-refractivity contribution >= 4 is 21.7 Å². The Labute approximate surface area is 102 Å². The average Bonchev–Trinajstić information content (AvgIpc) is 2.76. The fraction of sp³-hybridized carbons (Fsp3) is 0.0769. The van der Waals surface area contributed by atoms with Crippen LogP contribution in [0.15, 0.2) is 36.5 Å². The van der Waals surface area contributed by atoms with E-state index in [4.69, 9.17) is 0 Å². The normalized spacial score (nSPS) is 10.9. The number of rotatable bonds is 1. The van der Waals surface area contributed by atoms with E-state index in [1.54, 1.807) is 12.3 Å². The van der Waals surface area contributed by atoms with Crippen LogP contribution in [0.4, 0.5) is 0 Å². The fourth-order valence-corrected chi connectivity index (χ4v) is 2.73. The molecule has 0 aliphatic heterocycles. The molecule has 0 bridgehead atoms. The van der Waals surface area contributed by atoms with Crippen LogP contribution in [0.1, 0.15) is 5.56 Å². The van der Waals surface area contributed by atoms with Gasteiger partial charge in [0.05, 0.1) is 0 Å². The van der Waals surface area contributed by atoms with E-state index >= 15 is 0 Å². The van der Waals surface area contributed by atoms with Gasteiger partial charge in [0.15, 0.2) is 0 Å². The second kappa shape index (κ2) is 3.82. The van der Waals surface area contributed by atoms with E-state index in [1.165, 1.54) is 11.3 Å². The van der Waals surface area contributed by atoms with Crippen molar-refractivity contribution in [2.24, 2.45) is 0 Å². The lowest BCUT2D eigenvalue weighted by Gasteiger charge is -2.03. The number of pyridine rings is 1. The number of phenolic OH excluding ortho intramolecular Hbond substituents is 1. The molecule has 2 heterocycles. The van der Waals surface area contributed by atoms with Crippen LogP contribution in [0.5, 0.6) is 5.75 Å². The lowest BCUT2D eigenvalue weighted by atomic mass is 10.1. The van der Waals surface area contributed by atoms with Gasteiger partial charge in [-0.1, -0.05) is 23.5 Å². The molecule has 0 saturated heterocycles. The number of aromatic nitrogens is 2. The Morgan fingerprint density at radius 1 is 1.18 bits per heavy atom. The summed E-state index contributed by atoms with van der Waals surface area (Å²) in [4.78, 5) is 9.72. The van der Waals surface area contributed by atoms with Gasteiger partial charge in [-0.3, -0.25) is 0 Å². The minimum atomic E-state index is 0.301. The molecule has 1 N–H and O–H groups in total. The first-order valence-corrected chi connectivity index (χ1v) is 6.08. The molecule has 0 unspecified atom stereocenters. The highest BCUT2D eigenvalue weighted by Crippen LogP contribution is 2.33. The van der Waals surface area contributed by atoms with Crippen LogP contribution in [0.25, 0.3) is 20.9 Å². The van der Waals surface area contributed by atoms with Crippen molar-refractivity contribution in [3.05, 3.63) is 42.1 Å². The minimum Gasteiger partial charge on any atom is -0.508 e. The lowest BCUT2D eigenvalue weighted by Crippen LogP contribution is -1.82. The molecule has 0 amide bonds. The van der Waals surface area contributed by atoms with Crippen LogP contribution in [-0.4, -0.2) is 15.1 Å². The van der Waals surface area contributed by atoms with Gasteiger partial charge < -0.3 is 5.11 Å².